The quantitative estimate of drug-likeness (QED) is 0.626. The third kappa shape index (κ3) is 3.98. The second kappa shape index (κ2) is 9.17. The van der Waals surface area contributed by atoms with E-state index < -0.39 is 5.92 Å². The molecule has 0 spiro atoms. The first-order valence-electron chi connectivity index (χ1n) is 11.2. The van der Waals surface area contributed by atoms with Crippen molar-refractivity contribution in [1.29, 1.82) is 10.5 Å². The lowest BCUT2D eigenvalue weighted by Crippen LogP contribution is -2.38. The normalized spacial score (nSPS) is 16.1. The summed E-state index contributed by atoms with van der Waals surface area (Å²) in [4.78, 5) is 13.3. The van der Waals surface area contributed by atoms with Gasteiger partial charge in [-0.25, -0.2) is 0 Å². The number of aromatic nitrogens is 1. The minimum Gasteiger partial charge on any atom is -0.384 e. The average molecular weight is 467 g/mol. The third-order valence-electron chi connectivity index (χ3n) is 6.23. The highest BCUT2D eigenvalue weighted by atomic mass is 32.1. The Labute approximate surface area is 203 Å². The van der Waals surface area contributed by atoms with E-state index in [0.717, 1.165) is 11.1 Å². The number of hydrogen-bond acceptors (Lipinski definition) is 5. The van der Waals surface area contributed by atoms with Gasteiger partial charge in [0.2, 0.25) is 0 Å². The summed E-state index contributed by atoms with van der Waals surface area (Å²) in [6.45, 7) is 8.48. The van der Waals surface area contributed by atoms with E-state index in [0.29, 0.717) is 26.6 Å². The molecule has 1 aliphatic rings. The highest BCUT2D eigenvalue weighted by molar-refractivity contribution is 7.07. The predicted molar refractivity (Wildman–Crippen MR) is 137 cm³/mol. The number of allylic oxidation sites excluding steroid dienone is 1. The van der Waals surface area contributed by atoms with Gasteiger partial charge in [-0.3, -0.25) is 9.36 Å². The Kier molecular flexibility index (Phi) is 6.28. The van der Waals surface area contributed by atoms with Crippen molar-refractivity contribution in [3.63, 3.8) is 0 Å². The Morgan fingerprint density at radius 1 is 0.912 bits per heavy atom. The zero-order chi connectivity index (χ0) is 24.6. The van der Waals surface area contributed by atoms with Crippen molar-refractivity contribution in [3.8, 4) is 12.1 Å². The molecule has 1 aromatic heterocycles. The fourth-order valence-corrected chi connectivity index (χ4v) is 5.31. The maximum absolute atomic E-state index is 13.3. The van der Waals surface area contributed by atoms with Crippen LogP contribution in [0.25, 0.3) is 17.5 Å². The fourth-order valence-electron chi connectivity index (χ4n) is 4.19. The molecule has 5 nitrogen and oxygen atoms in total. The number of fused-ring (bicyclic) bond motifs is 1. The molecule has 1 atom stereocenters. The van der Waals surface area contributed by atoms with Gasteiger partial charge in [0.15, 0.2) is 0 Å². The molecular formula is C28H26N4OS. The molecule has 0 bridgehead atoms. The minimum atomic E-state index is -0.604. The van der Waals surface area contributed by atoms with Crippen molar-refractivity contribution in [3.05, 3.63) is 95.9 Å². The maximum Gasteiger partial charge on any atom is 0.274 e. The molecule has 0 aliphatic carbocycles. The molecule has 2 heterocycles. The number of benzene rings is 2. The summed E-state index contributed by atoms with van der Waals surface area (Å²) in [6.07, 6.45) is 1.81. The van der Waals surface area contributed by atoms with Crippen molar-refractivity contribution < 1.29 is 0 Å². The lowest BCUT2D eigenvalue weighted by molar-refractivity contribution is 0.861. The highest BCUT2D eigenvalue weighted by Gasteiger charge is 2.32. The van der Waals surface area contributed by atoms with Crippen LogP contribution in [0, 0.1) is 22.7 Å². The first-order valence-corrected chi connectivity index (χ1v) is 12.1. The molecule has 0 saturated carbocycles. The van der Waals surface area contributed by atoms with Crippen LogP contribution in [0.3, 0.4) is 0 Å². The first kappa shape index (κ1) is 23.3. The van der Waals surface area contributed by atoms with Crippen LogP contribution in [0.5, 0.6) is 0 Å². The van der Waals surface area contributed by atoms with Gasteiger partial charge < -0.3 is 5.73 Å². The Morgan fingerprint density at radius 2 is 1.44 bits per heavy atom. The van der Waals surface area contributed by atoms with E-state index in [9.17, 15) is 15.3 Å². The Morgan fingerprint density at radius 3 is 1.94 bits per heavy atom. The Balaban J connectivity index is 1.94. The molecule has 0 amide bonds. The molecule has 170 valence electrons. The van der Waals surface area contributed by atoms with E-state index in [-0.39, 0.29) is 17.0 Å². The summed E-state index contributed by atoms with van der Waals surface area (Å²) in [7, 11) is 0. The zero-order valence-corrected chi connectivity index (χ0v) is 20.5. The minimum absolute atomic E-state index is 0.0884. The summed E-state index contributed by atoms with van der Waals surface area (Å²) in [6, 6.07) is 20.4. The number of rotatable bonds is 4. The van der Waals surface area contributed by atoms with Crippen LogP contribution in [0.15, 0.2) is 58.9 Å². The Hall–Kier alpha value is -3.87. The summed E-state index contributed by atoms with van der Waals surface area (Å²) >= 11 is 1.23. The molecule has 3 aromatic rings. The molecule has 6 heteroatoms. The number of nitriles is 2. The molecule has 0 fully saturated rings. The lowest BCUT2D eigenvalue weighted by atomic mass is 9.83. The van der Waals surface area contributed by atoms with Gasteiger partial charge in [-0.05, 0) is 40.2 Å². The van der Waals surface area contributed by atoms with Crippen LogP contribution < -0.4 is 20.5 Å². The summed E-state index contributed by atoms with van der Waals surface area (Å²) in [5.41, 5.74) is 10.7. The SMILES string of the molecule is CC(C)c1ccc(/C=c2\sc3n(c2=O)C(N)=C(C#N)C(c2ccc(C(C)C)cc2)C=3C#N)cc1. The van der Waals surface area contributed by atoms with Crippen LogP contribution in [-0.4, -0.2) is 4.57 Å². The van der Waals surface area contributed by atoms with Crippen molar-refractivity contribution in [2.75, 3.05) is 0 Å². The molecule has 2 N–H and O–H groups in total. The molecule has 1 aliphatic heterocycles. The molecular weight excluding hydrogens is 440 g/mol. The molecule has 34 heavy (non-hydrogen) atoms. The topological polar surface area (TPSA) is 95.6 Å². The van der Waals surface area contributed by atoms with Crippen LogP contribution in [0.4, 0.5) is 0 Å². The van der Waals surface area contributed by atoms with Crippen molar-refractivity contribution in [1.82, 2.24) is 4.57 Å². The van der Waals surface area contributed by atoms with E-state index in [1.54, 1.807) is 0 Å². The van der Waals surface area contributed by atoms with Gasteiger partial charge >= 0.3 is 0 Å². The first-order chi connectivity index (χ1) is 16.3. The number of nitrogens with zero attached hydrogens (tertiary/aromatic N) is 3. The lowest BCUT2D eigenvalue weighted by Gasteiger charge is -2.22. The van der Waals surface area contributed by atoms with Crippen LogP contribution >= 0.6 is 11.3 Å². The predicted octanol–water partition coefficient (Wildman–Crippen LogP) is 4.11. The van der Waals surface area contributed by atoms with Gasteiger partial charge in [0.1, 0.15) is 10.5 Å². The van der Waals surface area contributed by atoms with Gasteiger partial charge in [0.05, 0.1) is 33.7 Å². The highest BCUT2D eigenvalue weighted by Crippen LogP contribution is 2.36. The van der Waals surface area contributed by atoms with Crippen LogP contribution in [0.2, 0.25) is 0 Å². The van der Waals surface area contributed by atoms with E-state index in [4.69, 9.17) is 5.73 Å². The van der Waals surface area contributed by atoms with Gasteiger partial charge in [-0.15, -0.1) is 11.3 Å². The monoisotopic (exact) mass is 466 g/mol. The van der Waals surface area contributed by atoms with Gasteiger partial charge in [0.25, 0.3) is 5.56 Å². The smallest absolute Gasteiger partial charge is 0.274 e. The fraction of sp³-hybridized carbons (Fsp3) is 0.250. The molecule has 4 rings (SSSR count). The number of hydrogen-bond donors (Lipinski definition) is 1. The maximum atomic E-state index is 13.3. The molecule has 0 saturated heterocycles. The standard InChI is InChI=1S/C28H26N4OS/c1-16(2)19-7-5-18(6-8-19)13-24-27(33)32-26(31)22(14-29)25(23(15-30)28(32)34-24)21-11-9-20(10-12-21)17(3)4/h5-13,16-17,25H,31H2,1-4H3/b24-13-. The number of thiazole rings is 1. The Bertz CT molecular complexity index is 1540. The van der Waals surface area contributed by atoms with E-state index >= 15 is 0 Å². The van der Waals surface area contributed by atoms with E-state index in [1.807, 2.05) is 54.6 Å². The van der Waals surface area contributed by atoms with E-state index in [2.05, 4.69) is 39.8 Å². The van der Waals surface area contributed by atoms with Crippen molar-refractivity contribution in [2.45, 2.75) is 45.4 Å². The van der Waals surface area contributed by atoms with Crippen LogP contribution in [-0.2, 0) is 0 Å². The molecule has 0 radical (unpaired) electrons. The van der Waals surface area contributed by atoms with Crippen molar-refractivity contribution >= 4 is 28.8 Å². The largest absolute Gasteiger partial charge is 0.384 e. The summed E-state index contributed by atoms with van der Waals surface area (Å²) < 4.78 is 2.26. The second-order valence-corrected chi connectivity index (χ2v) is 10.1. The third-order valence-corrected chi connectivity index (χ3v) is 7.33. The van der Waals surface area contributed by atoms with Gasteiger partial charge in [-0.1, -0.05) is 76.2 Å². The van der Waals surface area contributed by atoms with Crippen molar-refractivity contribution in [2.24, 2.45) is 5.73 Å². The molecule has 1 unspecified atom stereocenters. The zero-order valence-electron chi connectivity index (χ0n) is 19.7. The van der Waals surface area contributed by atoms with Gasteiger partial charge in [-0.2, -0.15) is 10.5 Å². The second-order valence-electron chi connectivity index (χ2n) is 9.07. The van der Waals surface area contributed by atoms with Gasteiger partial charge in [0, 0.05) is 0 Å². The van der Waals surface area contributed by atoms with E-state index in [1.165, 1.54) is 27.0 Å². The average Bonchev–Trinajstić information content (AvgIpc) is 3.15. The summed E-state index contributed by atoms with van der Waals surface area (Å²) in [5.74, 6) is 0.270. The van der Waals surface area contributed by atoms with Crippen LogP contribution in [0.1, 0.15) is 67.7 Å². The number of nitrogens with two attached hydrogens (primary N) is 1. The molecule has 2 aromatic carbocycles. The summed E-state index contributed by atoms with van der Waals surface area (Å²) in [5, 5.41) is 20.1.